The van der Waals surface area contributed by atoms with Crippen LogP contribution in [0.25, 0.3) is 0 Å². The third kappa shape index (κ3) is 5.69. The van der Waals surface area contributed by atoms with Crippen molar-refractivity contribution in [2.75, 3.05) is 0 Å². The predicted molar refractivity (Wildman–Crippen MR) is 31.5 cm³/mol. The molecule has 0 fully saturated rings. The number of hydrogen-bond acceptors (Lipinski definition) is 2. The summed E-state index contributed by atoms with van der Waals surface area (Å²) in [6.45, 7) is 5.74. The van der Waals surface area contributed by atoms with E-state index < -0.39 is 0 Å². The zero-order valence-corrected chi connectivity index (χ0v) is 5.86. The summed E-state index contributed by atoms with van der Waals surface area (Å²) < 4.78 is 4.71. The Kier molecular flexibility index (Phi) is 3.69. The van der Waals surface area contributed by atoms with E-state index in [4.69, 9.17) is 4.53 Å². The Morgan fingerprint density at radius 1 is 1.57 bits per heavy atom. The molecule has 0 spiro atoms. The maximum absolute atomic E-state index is 4.71. The van der Waals surface area contributed by atoms with Gasteiger partial charge >= 0.3 is 9.76 Å². The van der Waals surface area contributed by atoms with Crippen molar-refractivity contribution in [2.24, 2.45) is 5.16 Å². The minimum absolute atomic E-state index is 0.463. The minimum atomic E-state index is 0.463. The second-order valence-corrected chi connectivity index (χ2v) is 1.92. The smallest absolute Gasteiger partial charge is 0.350 e. The summed E-state index contributed by atoms with van der Waals surface area (Å²) in [6, 6.07) is 0. The zero-order chi connectivity index (χ0) is 5.70. The summed E-state index contributed by atoms with van der Waals surface area (Å²) in [5.74, 6) is 0. The summed E-state index contributed by atoms with van der Waals surface area (Å²) in [6.07, 6.45) is 0. The highest BCUT2D eigenvalue weighted by Gasteiger charge is 1.75. The molecule has 0 aliphatic heterocycles. The van der Waals surface area contributed by atoms with Crippen molar-refractivity contribution in [3.8, 4) is 0 Å². The first-order valence-electron chi connectivity index (χ1n) is 2.11. The largest absolute Gasteiger partial charge is 0.454 e. The molecule has 0 aliphatic rings. The Morgan fingerprint density at radius 2 is 2.14 bits per heavy atom. The van der Waals surface area contributed by atoms with Gasteiger partial charge in [0.25, 0.3) is 0 Å². The van der Waals surface area contributed by atoms with Gasteiger partial charge in [-0.2, -0.15) is 0 Å². The average Bonchev–Trinajstić information content (AvgIpc) is 1.61. The van der Waals surface area contributed by atoms with E-state index in [2.05, 4.69) is 5.16 Å². The molecule has 0 aromatic rings. The first kappa shape index (κ1) is 6.69. The number of hydrogen-bond donors (Lipinski definition) is 0. The van der Waals surface area contributed by atoms with E-state index in [1.54, 1.807) is 0 Å². The molecule has 0 saturated heterocycles. The van der Waals surface area contributed by atoms with Gasteiger partial charge in [0.2, 0.25) is 0 Å². The Hall–Kier alpha value is -0.313. The van der Waals surface area contributed by atoms with Crippen LogP contribution in [0.1, 0.15) is 13.8 Å². The van der Waals surface area contributed by atoms with Crippen molar-refractivity contribution in [3.63, 3.8) is 0 Å². The molecule has 0 rings (SSSR count). The van der Waals surface area contributed by atoms with Gasteiger partial charge in [-0.3, -0.25) is 0 Å². The molecule has 0 aromatic carbocycles. The lowest BCUT2D eigenvalue weighted by atomic mass is 10.5. The molecule has 2 radical (unpaired) electrons. The highest BCUT2D eigenvalue weighted by Crippen LogP contribution is 1.74. The molecule has 0 N–H and O–H groups in total. The standard InChI is InChI=1S/C4H9NOSi/c1-4(2)5-6-7-3/h1-3H3. The number of nitrogens with zero attached hydrogens (tertiary/aromatic N) is 1. The third-order valence-electron chi connectivity index (χ3n) is 0.320. The second-order valence-electron chi connectivity index (χ2n) is 1.33. The van der Waals surface area contributed by atoms with Gasteiger partial charge in [-0.05, 0) is 20.4 Å². The summed E-state index contributed by atoms with van der Waals surface area (Å²) in [5.41, 5.74) is 0.967. The van der Waals surface area contributed by atoms with Crippen molar-refractivity contribution in [3.05, 3.63) is 0 Å². The summed E-state index contributed by atoms with van der Waals surface area (Å²) >= 11 is 0. The van der Waals surface area contributed by atoms with Gasteiger partial charge in [-0.15, -0.1) is 5.16 Å². The summed E-state index contributed by atoms with van der Waals surface area (Å²) in [7, 11) is 0.463. The van der Waals surface area contributed by atoms with Crippen LogP contribution in [0.4, 0.5) is 0 Å². The molecule has 0 aliphatic carbocycles. The van der Waals surface area contributed by atoms with E-state index in [1.165, 1.54) is 0 Å². The first-order valence-corrected chi connectivity index (χ1v) is 3.52. The molecule has 0 heterocycles. The molecule has 0 amide bonds. The average molecular weight is 115 g/mol. The predicted octanol–water partition coefficient (Wildman–Crippen LogP) is 1.07. The van der Waals surface area contributed by atoms with Crippen LogP contribution in [0.2, 0.25) is 6.55 Å². The van der Waals surface area contributed by atoms with E-state index >= 15 is 0 Å². The summed E-state index contributed by atoms with van der Waals surface area (Å²) in [4.78, 5) is 0. The van der Waals surface area contributed by atoms with Crippen molar-refractivity contribution < 1.29 is 4.53 Å². The highest BCUT2D eigenvalue weighted by molar-refractivity contribution is 6.24. The van der Waals surface area contributed by atoms with Crippen LogP contribution in [0.3, 0.4) is 0 Å². The van der Waals surface area contributed by atoms with Crippen molar-refractivity contribution in [1.29, 1.82) is 0 Å². The molecule has 0 saturated carbocycles. The van der Waals surface area contributed by atoms with Crippen molar-refractivity contribution in [1.82, 2.24) is 0 Å². The van der Waals surface area contributed by atoms with E-state index in [9.17, 15) is 0 Å². The third-order valence-corrected chi connectivity index (χ3v) is 0.593. The number of oxime groups is 1. The normalized spacial score (nSPS) is 7.86. The van der Waals surface area contributed by atoms with Gasteiger partial charge in [0, 0.05) is 5.71 Å². The maximum atomic E-state index is 4.71. The molecule has 0 atom stereocenters. The lowest BCUT2D eigenvalue weighted by Gasteiger charge is -1.88. The SMILES string of the molecule is C[Si]ON=C(C)C. The lowest BCUT2D eigenvalue weighted by molar-refractivity contribution is 0.365. The Balaban J connectivity index is 3.08. The Morgan fingerprint density at radius 3 is 2.29 bits per heavy atom. The maximum Gasteiger partial charge on any atom is 0.350 e. The number of rotatable bonds is 2. The topological polar surface area (TPSA) is 21.6 Å². The molecular weight excluding hydrogens is 106 g/mol. The molecule has 0 bridgehead atoms. The van der Waals surface area contributed by atoms with Crippen molar-refractivity contribution in [2.45, 2.75) is 20.4 Å². The fourth-order valence-corrected chi connectivity index (χ4v) is 0.411. The first-order chi connectivity index (χ1) is 3.27. The molecule has 7 heavy (non-hydrogen) atoms. The van der Waals surface area contributed by atoms with E-state index in [1.807, 2.05) is 20.4 Å². The molecule has 40 valence electrons. The fraction of sp³-hybridized carbons (Fsp3) is 0.750. The van der Waals surface area contributed by atoms with E-state index in [-0.39, 0.29) is 0 Å². The quantitative estimate of drug-likeness (QED) is 0.299. The summed E-state index contributed by atoms with van der Waals surface area (Å²) in [5, 5.41) is 3.67. The van der Waals surface area contributed by atoms with Gasteiger partial charge in [0.1, 0.15) is 0 Å². The van der Waals surface area contributed by atoms with Gasteiger partial charge < -0.3 is 4.53 Å². The molecule has 2 nitrogen and oxygen atoms in total. The van der Waals surface area contributed by atoms with Gasteiger partial charge in [0.05, 0.1) is 0 Å². The van der Waals surface area contributed by atoms with Gasteiger partial charge in [-0.1, -0.05) is 0 Å². The molecule has 0 unspecified atom stereocenters. The molecule has 3 heteroatoms. The van der Waals surface area contributed by atoms with Crippen LogP contribution in [0.5, 0.6) is 0 Å². The van der Waals surface area contributed by atoms with Crippen LogP contribution < -0.4 is 0 Å². The zero-order valence-electron chi connectivity index (χ0n) is 4.86. The van der Waals surface area contributed by atoms with Crippen LogP contribution in [0.15, 0.2) is 5.16 Å². The fourth-order valence-electron chi connectivity index (χ4n) is 0.137. The van der Waals surface area contributed by atoms with Crippen LogP contribution in [-0.2, 0) is 4.53 Å². The minimum Gasteiger partial charge on any atom is -0.454 e. The van der Waals surface area contributed by atoms with E-state index in [0.717, 1.165) is 5.71 Å². The van der Waals surface area contributed by atoms with Gasteiger partial charge in [-0.25, -0.2) is 0 Å². The molecule has 0 aromatic heterocycles. The van der Waals surface area contributed by atoms with Crippen LogP contribution in [0, 0.1) is 0 Å². The molecular formula is C4H9NOSi. The second kappa shape index (κ2) is 3.86. The van der Waals surface area contributed by atoms with Gasteiger partial charge in [0.15, 0.2) is 0 Å². The highest BCUT2D eigenvalue weighted by atomic mass is 28.2. The van der Waals surface area contributed by atoms with Crippen molar-refractivity contribution >= 4 is 15.5 Å². The Labute approximate surface area is 46.5 Å². The lowest BCUT2D eigenvalue weighted by Crippen LogP contribution is -1.87. The van der Waals surface area contributed by atoms with Crippen LogP contribution in [-0.4, -0.2) is 15.5 Å². The van der Waals surface area contributed by atoms with E-state index in [0.29, 0.717) is 9.76 Å². The van der Waals surface area contributed by atoms with Crippen LogP contribution >= 0.6 is 0 Å². The Bertz CT molecular complexity index is 68.1. The monoisotopic (exact) mass is 115 g/mol.